The molecule has 1 saturated carbocycles. The minimum Gasteiger partial charge on any atom is -0.468 e. The van der Waals surface area contributed by atoms with Gasteiger partial charge in [0.1, 0.15) is 30.2 Å². The number of hydrogen-bond donors (Lipinski definition) is 10. The van der Waals surface area contributed by atoms with Gasteiger partial charge >= 0.3 is 6.03 Å². The summed E-state index contributed by atoms with van der Waals surface area (Å²) >= 11 is 0. The molecular formula is C25H53N7O9. The first-order valence-electron chi connectivity index (χ1n) is 14.2. The SMILES string of the molecule is CCC(O)C(OCCO)O[C@H]1C(NC(=O)N(O)CCN)CC(N)[C@@H](O[C@@H]2CCC=C(CNCCCN)O2)C1O.CN. The van der Waals surface area contributed by atoms with Crippen molar-refractivity contribution in [1.82, 2.24) is 15.7 Å². The first-order chi connectivity index (χ1) is 19.7. The number of carbonyl (C=O) groups excluding carboxylic acids is 1. The van der Waals surface area contributed by atoms with Crippen molar-refractivity contribution in [3.05, 3.63) is 11.8 Å². The zero-order valence-corrected chi connectivity index (χ0v) is 24.3. The Bertz CT molecular complexity index is 740. The first kappa shape index (κ1) is 37.4. The molecule has 0 bridgehead atoms. The van der Waals surface area contributed by atoms with Gasteiger partial charge in [-0.3, -0.25) is 5.21 Å². The molecule has 8 atom stereocenters. The smallest absolute Gasteiger partial charge is 0.341 e. The number of nitrogens with two attached hydrogens (primary N) is 4. The molecule has 16 nitrogen and oxygen atoms in total. The number of hydroxylamine groups is 2. The highest BCUT2D eigenvalue weighted by atomic mass is 16.7. The Morgan fingerprint density at radius 1 is 1.27 bits per heavy atom. The molecule has 2 amide bonds. The van der Waals surface area contributed by atoms with Crippen LogP contribution in [0.2, 0.25) is 0 Å². The van der Waals surface area contributed by atoms with Crippen LogP contribution >= 0.6 is 0 Å². The molecule has 0 aromatic rings. The van der Waals surface area contributed by atoms with Gasteiger partial charge in [-0.25, -0.2) is 9.86 Å². The minimum atomic E-state index is -1.37. The van der Waals surface area contributed by atoms with Gasteiger partial charge in [-0.15, -0.1) is 0 Å². The second kappa shape index (κ2) is 21.1. The molecule has 16 heteroatoms. The maximum Gasteiger partial charge on any atom is 0.341 e. The standard InChI is InChI=1S/C24H48N6O9.CH5N/c1-2-18(32)23(36-12-11-31)39-22-17(29-24(34)30(35)10-8-26)13-16(27)21(20(22)33)38-19-6-3-5-15(37-19)14-28-9-4-7-25;1-2/h5,16-23,28,31-33,35H,2-4,6-14,25-27H2,1H3,(H,29,34);2H2,1H3/t16?,17?,18?,19-,20?,21-,22+,23?;/m1./s1. The Labute approximate surface area is 242 Å². The van der Waals surface area contributed by atoms with E-state index < -0.39 is 55.1 Å². The lowest BCUT2D eigenvalue weighted by molar-refractivity contribution is -0.269. The van der Waals surface area contributed by atoms with E-state index in [4.69, 9.17) is 36.1 Å². The molecule has 242 valence electrons. The fraction of sp³-hybridized carbons (Fsp3) is 0.880. The van der Waals surface area contributed by atoms with E-state index in [2.05, 4.69) is 16.4 Å². The number of aliphatic hydroxyl groups excluding tert-OH is 3. The zero-order chi connectivity index (χ0) is 30.8. The second-order valence-corrected chi connectivity index (χ2v) is 9.61. The molecule has 2 aliphatic rings. The summed E-state index contributed by atoms with van der Waals surface area (Å²) < 4.78 is 23.6. The minimum absolute atomic E-state index is 0.0344. The van der Waals surface area contributed by atoms with Crippen molar-refractivity contribution in [3.63, 3.8) is 0 Å². The summed E-state index contributed by atoms with van der Waals surface area (Å²) in [6.45, 7) is 3.06. The van der Waals surface area contributed by atoms with E-state index in [1.807, 2.05) is 6.08 Å². The molecule has 0 aromatic carbocycles. The van der Waals surface area contributed by atoms with Gasteiger partial charge in [-0.1, -0.05) is 6.92 Å². The Balaban J connectivity index is 0.00000411. The molecule has 0 saturated heterocycles. The zero-order valence-electron chi connectivity index (χ0n) is 24.3. The lowest BCUT2D eigenvalue weighted by Crippen LogP contribution is -2.66. The van der Waals surface area contributed by atoms with Crippen LogP contribution in [0.4, 0.5) is 4.79 Å². The predicted octanol–water partition coefficient (Wildman–Crippen LogP) is -2.78. The number of carbonyl (C=O) groups is 1. The highest BCUT2D eigenvalue weighted by Gasteiger charge is 2.48. The summed E-state index contributed by atoms with van der Waals surface area (Å²) in [4.78, 5) is 12.5. The fourth-order valence-electron chi connectivity index (χ4n) is 4.43. The molecule has 0 spiro atoms. The van der Waals surface area contributed by atoms with Crippen molar-refractivity contribution < 1.29 is 44.3 Å². The van der Waals surface area contributed by atoms with Crippen molar-refractivity contribution in [1.29, 1.82) is 0 Å². The van der Waals surface area contributed by atoms with Crippen LogP contribution in [-0.2, 0) is 18.9 Å². The topological polar surface area (TPSA) is 266 Å². The molecular weight excluding hydrogens is 542 g/mol. The average molecular weight is 596 g/mol. The Hall–Kier alpha value is -1.67. The highest BCUT2D eigenvalue weighted by molar-refractivity contribution is 5.73. The Morgan fingerprint density at radius 3 is 2.63 bits per heavy atom. The molecule has 5 unspecified atom stereocenters. The van der Waals surface area contributed by atoms with Crippen LogP contribution in [0.5, 0.6) is 0 Å². The number of hydrogen-bond acceptors (Lipinski definition) is 14. The maximum atomic E-state index is 12.5. The van der Waals surface area contributed by atoms with Crippen molar-refractivity contribution in [2.24, 2.45) is 22.9 Å². The number of amides is 2. The number of rotatable bonds is 17. The second-order valence-electron chi connectivity index (χ2n) is 9.61. The fourth-order valence-corrected chi connectivity index (χ4v) is 4.43. The predicted molar refractivity (Wildman–Crippen MR) is 150 cm³/mol. The van der Waals surface area contributed by atoms with E-state index in [0.717, 1.165) is 13.0 Å². The van der Waals surface area contributed by atoms with Crippen molar-refractivity contribution >= 4 is 6.03 Å². The number of ether oxygens (including phenoxy) is 4. The molecule has 1 aliphatic carbocycles. The largest absolute Gasteiger partial charge is 0.468 e. The monoisotopic (exact) mass is 595 g/mol. The summed E-state index contributed by atoms with van der Waals surface area (Å²) in [7, 11) is 1.50. The van der Waals surface area contributed by atoms with E-state index in [1.54, 1.807) is 6.92 Å². The molecule has 1 heterocycles. The Morgan fingerprint density at radius 2 is 2.00 bits per heavy atom. The van der Waals surface area contributed by atoms with Gasteiger partial charge in [-0.05, 0) is 51.9 Å². The third kappa shape index (κ3) is 12.6. The third-order valence-electron chi connectivity index (χ3n) is 6.52. The summed E-state index contributed by atoms with van der Waals surface area (Å²) in [6, 6.07) is -2.47. The number of nitrogens with zero attached hydrogens (tertiary/aromatic N) is 1. The average Bonchev–Trinajstić information content (AvgIpc) is 2.98. The maximum absolute atomic E-state index is 12.5. The van der Waals surface area contributed by atoms with Crippen LogP contribution in [0.3, 0.4) is 0 Å². The van der Waals surface area contributed by atoms with Gasteiger partial charge in [0.25, 0.3) is 0 Å². The normalized spacial score (nSPS) is 27.5. The van der Waals surface area contributed by atoms with Gasteiger partial charge in [0.2, 0.25) is 0 Å². The lowest BCUT2D eigenvalue weighted by atomic mass is 9.84. The molecule has 41 heavy (non-hydrogen) atoms. The number of nitrogens with one attached hydrogen (secondary N) is 2. The van der Waals surface area contributed by atoms with Crippen LogP contribution in [-0.4, -0.2) is 134 Å². The van der Waals surface area contributed by atoms with E-state index in [1.165, 1.54) is 7.05 Å². The third-order valence-corrected chi connectivity index (χ3v) is 6.52. The van der Waals surface area contributed by atoms with Gasteiger partial charge in [0, 0.05) is 19.0 Å². The number of aliphatic hydroxyl groups is 3. The Kier molecular flexibility index (Phi) is 19.2. The molecule has 1 fully saturated rings. The summed E-state index contributed by atoms with van der Waals surface area (Å²) in [5.74, 6) is 0.714. The van der Waals surface area contributed by atoms with Crippen LogP contribution in [0, 0.1) is 0 Å². The van der Waals surface area contributed by atoms with Gasteiger partial charge in [-0.2, -0.15) is 0 Å². The molecule has 1 aliphatic heterocycles. The summed E-state index contributed by atoms with van der Waals surface area (Å²) in [5, 5.41) is 47.2. The molecule has 2 rings (SSSR count). The quantitative estimate of drug-likeness (QED) is 0.0353. The van der Waals surface area contributed by atoms with E-state index >= 15 is 0 Å². The van der Waals surface area contributed by atoms with Gasteiger partial charge in [0.15, 0.2) is 12.6 Å². The van der Waals surface area contributed by atoms with Gasteiger partial charge in [0.05, 0.1) is 32.3 Å². The van der Waals surface area contributed by atoms with Crippen LogP contribution in [0.1, 0.15) is 39.0 Å². The van der Waals surface area contributed by atoms with Crippen LogP contribution < -0.4 is 33.6 Å². The summed E-state index contributed by atoms with van der Waals surface area (Å²) in [5.41, 5.74) is 21.8. The number of urea groups is 1. The van der Waals surface area contributed by atoms with Crippen molar-refractivity contribution in [2.45, 2.75) is 88.1 Å². The van der Waals surface area contributed by atoms with E-state index in [0.29, 0.717) is 36.8 Å². The van der Waals surface area contributed by atoms with Crippen molar-refractivity contribution in [2.75, 3.05) is 53.0 Å². The van der Waals surface area contributed by atoms with E-state index in [-0.39, 0.29) is 39.1 Å². The van der Waals surface area contributed by atoms with Crippen LogP contribution in [0.25, 0.3) is 0 Å². The molecule has 0 radical (unpaired) electrons. The van der Waals surface area contributed by atoms with Crippen LogP contribution in [0.15, 0.2) is 11.8 Å². The lowest BCUT2D eigenvalue weighted by Gasteiger charge is -2.45. The first-order valence-corrected chi connectivity index (χ1v) is 14.2. The van der Waals surface area contributed by atoms with Gasteiger partial charge < -0.3 is 67.8 Å². The highest BCUT2D eigenvalue weighted by Crippen LogP contribution is 2.30. The van der Waals surface area contributed by atoms with E-state index in [9.17, 15) is 25.3 Å². The number of allylic oxidation sites excluding steroid dienone is 1. The molecule has 0 aromatic heterocycles. The molecule has 14 N–H and O–H groups in total. The van der Waals surface area contributed by atoms with Crippen molar-refractivity contribution in [3.8, 4) is 0 Å². The summed E-state index contributed by atoms with van der Waals surface area (Å²) in [6.07, 6.45) is -1.98.